The number of benzene rings is 3. The summed E-state index contributed by atoms with van der Waals surface area (Å²) in [5.41, 5.74) is 9.61. The Morgan fingerprint density at radius 3 is 2.26 bits per heavy atom. The van der Waals surface area contributed by atoms with E-state index in [1.54, 1.807) is 36.4 Å². The van der Waals surface area contributed by atoms with E-state index in [0.29, 0.717) is 30.5 Å². The Morgan fingerprint density at radius 2 is 1.56 bits per heavy atom. The van der Waals surface area contributed by atoms with Crippen LogP contribution in [0, 0.1) is 0 Å². The number of aromatic nitrogens is 2. The minimum Gasteiger partial charge on any atom is -0.366 e. The molecule has 0 aliphatic heterocycles. The van der Waals surface area contributed by atoms with Crippen molar-refractivity contribution in [1.29, 1.82) is 0 Å². The van der Waals surface area contributed by atoms with Gasteiger partial charge in [0.05, 0.1) is 17.0 Å². The summed E-state index contributed by atoms with van der Waals surface area (Å²) < 4.78 is 28.3. The van der Waals surface area contributed by atoms with Gasteiger partial charge in [0.1, 0.15) is 5.69 Å². The van der Waals surface area contributed by atoms with Crippen molar-refractivity contribution >= 4 is 32.7 Å². The van der Waals surface area contributed by atoms with Crippen LogP contribution in [0.15, 0.2) is 72.8 Å². The molecule has 10 heteroatoms. The van der Waals surface area contributed by atoms with Crippen LogP contribution in [0.2, 0.25) is 0 Å². The molecule has 0 spiro atoms. The summed E-state index contributed by atoms with van der Waals surface area (Å²) >= 11 is 0. The smallest absolute Gasteiger partial charge is 0.251 e. The number of hydrogen-bond acceptors (Lipinski definition) is 5. The number of sulfonamides is 1. The molecule has 1 aromatic heterocycles. The molecule has 0 bridgehead atoms. The first kappa shape index (κ1) is 28.0. The fourth-order valence-corrected chi connectivity index (χ4v) is 5.44. The molecule has 0 fully saturated rings. The maximum absolute atomic E-state index is 12.6. The standard InChI is InChI=1S/C29H33N5O4S/c1-2-3-6-20-39(37,38)32-19-7-18-31-29(36)23-12-10-21(11-13-23)27-25-8-4-5-9-26(25)34(33-27)24-16-14-22(15-17-24)28(30)35/h4-5,8-17,32H,2-3,6-7,18-20H2,1H3,(H2,30,35)(H,31,36). The molecule has 4 N–H and O–H groups in total. The fraction of sp³-hybridized carbons (Fsp3) is 0.276. The number of nitrogens with zero attached hydrogens (tertiary/aromatic N) is 2. The fourth-order valence-electron chi connectivity index (χ4n) is 4.26. The third kappa shape index (κ3) is 7.10. The summed E-state index contributed by atoms with van der Waals surface area (Å²) in [6.07, 6.45) is 3.01. The molecule has 0 saturated carbocycles. The highest BCUT2D eigenvalue weighted by Crippen LogP contribution is 2.30. The Kier molecular flexibility index (Phi) is 9.11. The van der Waals surface area contributed by atoms with Crippen LogP contribution in [0.1, 0.15) is 53.3 Å². The maximum Gasteiger partial charge on any atom is 0.251 e. The van der Waals surface area contributed by atoms with E-state index in [0.717, 1.165) is 40.7 Å². The van der Waals surface area contributed by atoms with Gasteiger partial charge in [-0.25, -0.2) is 17.8 Å². The number of carbonyl (C=O) groups excluding carboxylic acids is 2. The molecule has 0 atom stereocenters. The minimum absolute atomic E-state index is 0.134. The molecule has 0 radical (unpaired) electrons. The van der Waals surface area contributed by atoms with Gasteiger partial charge in [0.2, 0.25) is 15.9 Å². The second-order valence-electron chi connectivity index (χ2n) is 9.30. The van der Waals surface area contributed by atoms with Gasteiger partial charge in [-0.2, -0.15) is 5.10 Å². The van der Waals surface area contributed by atoms with E-state index in [2.05, 4.69) is 10.0 Å². The second kappa shape index (κ2) is 12.7. The highest BCUT2D eigenvalue weighted by atomic mass is 32.2. The van der Waals surface area contributed by atoms with E-state index >= 15 is 0 Å². The quantitative estimate of drug-likeness (QED) is 0.217. The van der Waals surface area contributed by atoms with Gasteiger partial charge in [-0.3, -0.25) is 9.59 Å². The second-order valence-corrected chi connectivity index (χ2v) is 11.2. The Morgan fingerprint density at radius 1 is 0.872 bits per heavy atom. The molecule has 0 unspecified atom stereocenters. The lowest BCUT2D eigenvalue weighted by molar-refractivity contribution is 0.0952. The Hall–Kier alpha value is -4.02. The minimum atomic E-state index is -3.26. The maximum atomic E-state index is 12.6. The molecule has 0 aliphatic carbocycles. The number of rotatable bonds is 13. The van der Waals surface area contributed by atoms with Crippen molar-refractivity contribution < 1.29 is 18.0 Å². The average molecular weight is 548 g/mol. The number of nitrogens with two attached hydrogens (primary N) is 1. The van der Waals surface area contributed by atoms with Crippen LogP contribution >= 0.6 is 0 Å². The summed E-state index contributed by atoms with van der Waals surface area (Å²) in [4.78, 5) is 24.0. The van der Waals surface area contributed by atoms with Crippen LogP contribution < -0.4 is 15.8 Å². The molecule has 4 aromatic rings. The van der Waals surface area contributed by atoms with Crippen LogP contribution in [0.3, 0.4) is 0 Å². The molecule has 0 saturated heterocycles. The van der Waals surface area contributed by atoms with Crippen molar-refractivity contribution in [3.63, 3.8) is 0 Å². The number of fused-ring (bicyclic) bond motifs is 1. The summed E-state index contributed by atoms with van der Waals surface area (Å²) in [6.45, 7) is 2.68. The zero-order valence-electron chi connectivity index (χ0n) is 21.9. The number of carbonyl (C=O) groups is 2. The van der Waals surface area contributed by atoms with Crippen molar-refractivity contribution in [2.24, 2.45) is 5.73 Å². The van der Waals surface area contributed by atoms with Crippen LogP contribution in [0.4, 0.5) is 0 Å². The number of amides is 2. The number of primary amides is 1. The predicted molar refractivity (Wildman–Crippen MR) is 153 cm³/mol. The van der Waals surface area contributed by atoms with Gasteiger partial charge in [-0.15, -0.1) is 0 Å². The summed E-state index contributed by atoms with van der Waals surface area (Å²) in [5.74, 6) is -0.578. The van der Waals surface area contributed by atoms with Crippen LogP contribution in [0.5, 0.6) is 0 Å². The Balaban J connectivity index is 1.40. The van der Waals surface area contributed by atoms with Gasteiger partial charge in [0.15, 0.2) is 0 Å². The van der Waals surface area contributed by atoms with E-state index in [1.165, 1.54) is 0 Å². The summed E-state index contributed by atoms with van der Waals surface area (Å²) in [7, 11) is -3.26. The van der Waals surface area contributed by atoms with Gasteiger partial charge in [0, 0.05) is 35.2 Å². The molecule has 39 heavy (non-hydrogen) atoms. The third-order valence-corrected chi connectivity index (χ3v) is 7.85. The van der Waals surface area contributed by atoms with Crippen molar-refractivity contribution in [2.45, 2.75) is 32.6 Å². The van der Waals surface area contributed by atoms with E-state index in [1.807, 2.05) is 48.0 Å². The monoisotopic (exact) mass is 547 g/mol. The average Bonchev–Trinajstić information content (AvgIpc) is 3.32. The third-order valence-electron chi connectivity index (χ3n) is 6.38. The first-order valence-corrected chi connectivity index (χ1v) is 14.7. The van der Waals surface area contributed by atoms with Crippen molar-refractivity contribution in [3.8, 4) is 16.9 Å². The molecule has 2 amide bonds. The largest absolute Gasteiger partial charge is 0.366 e. The molecule has 0 aliphatic rings. The summed E-state index contributed by atoms with van der Waals surface area (Å²) in [6, 6.07) is 22.0. The highest BCUT2D eigenvalue weighted by molar-refractivity contribution is 7.89. The SMILES string of the molecule is CCCCCS(=O)(=O)NCCCNC(=O)c1ccc(-c2nn(-c3ccc(C(N)=O)cc3)c3ccccc23)cc1. The molecule has 204 valence electrons. The number of nitrogens with one attached hydrogen (secondary N) is 2. The highest BCUT2D eigenvalue weighted by Gasteiger charge is 2.15. The van der Waals surface area contributed by atoms with Crippen LogP contribution in [-0.2, 0) is 10.0 Å². The van der Waals surface area contributed by atoms with Gasteiger partial charge in [0.25, 0.3) is 5.91 Å². The van der Waals surface area contributed by atoms with Gasteiger partial charge < -0.3 is 11.1 Å². The topological polar surface area (TPSA) is 136 Å². The first-order chi connectivity index (χ1) is 18.8. The Labute approximate surface area is 228 Å². The van der Waals surface area contributed by atoms with Crippen LogP contribution in [-0.4, -0.2) is 48.9 Å². The van der Waals surface area contributed by atoms with Crippen molar-refractivity contribution in [2.75, 3.05) is 18.8 Å². The molecular weight excluding hydrogens is 514 g/mol. The first-order valence-electron chi connectivity index (χ1n) is 13.0. The molecule has 1 heterocycles. The lowest BCUT2D eigenvalue weighted by Gasteiger charge is -2.08. The van der Waals surface area contributed by atoms with Gasteiger partial charge >= 0.3 is 0 Å². The lowest BCUT2D eigenvalue weighted by Crippen LogP contribution is -2.31. The number of hydrogen-bond donors (Lipinski definition) is 3. The zero-order chi connectivity index (χ0) is 27.8. The molecule has 4 rings (SSSR count). The van der Waals surface area contributed by atoms with E-state index in [9.17, 15) is 18.0 Å². The number of para-hydroxylation sites is 1. The van der Waals surface area contributed by atoms with Gasteiger partial charge in [-0.1, -0.05) is 50.1 Å². The number of unbranched alkanes of at least 4 members (excludes halogenated alkanes) is 2. The van der Waals surface area contributed by atoms with E-state index in [4.69, 9.17) is 10.8 Å². The van der Waals surface area contributed by atoms with Crippen molar-refractivity contribution in [3.05, 3.63) is 83.9 Å². The van der Waals surface area contributed by atoms with Crippen LogP contribution in [0.25, 0.3) is 27.8 Å². The normalized spacial score (nSPS) is 11.5. The van der Waals surface area contributed by atoms with Gasteiger partial charge in [-0.05, 0) is 55.3 Å². The lowest BCUT2D eigenvalue weighted by atomic mass is 10.1. The molecule has 9 nitrogen and oxygen atoms in total. The molecular formula is C29H33N5O4S. The van der Waals surface area contributed by atoms with E-state index < -0.39 is 15.9 Å². The van der Waals surface area contributed by atoms with E-state index in [-0.39, 0.29) is 18.2 Å². The zero-order valence-corrected chi connectivity index (χ0v) is 22.7. The predicted octanol–water partition coefficient (Wildman–Crippen LogP) is 4.02. The molecule has 3 aromatic carbocycles. The Bertz CT molecular complexity index is 1550. The summed E-state index contributed by atoms with van der Waals surface area (Å²) in [5, 5.41) is 8.62. The van der Waals surface area contributed by atoms with Crippen molar-refractivity contribution in [1.82, 2.24) is 19.8 Å².